The third-order valence-corrected chi connectivity index (χ3v) is 2.68. The third kappa shape index (κ3) is 4.93. The first-order valence-corrected chi connectivity index (χ1v) is 6.10. The molecule has 116 valence electrons. The van der Waals surface area contributed by atoms with Crippen molar-refractivity contribution in [2.75, 3.05) is 32.6 Å². The van der Waals surface area contributed by atoms with E-state index in [1.807, 2.05) is 0 Å². The number of aromatic carboxylic acids is 1. The highest BCUT2D eigenvalue weighted by Gasteiger charge is 2.15. The molecular formula is C13H18N2O6. The Hall–Kier alpha value is -2.32. The standard InChI is InChI=1S/C13H18N2O6/c1-15(6-9(16)7-21-2)13(20)14-10-4-3-8(12(18)19)5-11(10)17/h3-5,9,16-17H,6-7H2,1-2H3,(H,14,20)(H,18,19). The summed E-state index contributed by atoms with van der Waals surface area (Å²) < 4.78 is 4.75. The number of anilines is 1. The van der Waals surface area contributed by atoms with Gasteiger partial charge < -0.3 is 30.3 Å². The number of likely N-dealkylation sites (N-methyl/N-ethyl adjacent to an activating group) is 1. The van der Waals surface area contributed by atoms with Gasteiger partial charge in [0.2, 0.25) is 0 Å². The Morgan fingerprint density at radius 3 is 2.62 bits per heavy atom. The van der Waals surface area contributed by atoms with Crippen molar-refractivity contribution in [1.82, 2.24) is 4.90 Å². The number of amides is 2. The number of aromatic hydroxyl groups is 1. The molecular weight excluding hydrogens is 280 g/mol. The lowest BCUT2D eigenvalue weighted by Crippen LogP contribution is -2.38. The molecule has 1 atom stereocenters. The van der Waals surface area contributed by atoms with Crippen LogP contribution in [0.3, 0.4) is 0 Å². The number of carboxylic acids is 1. The van der Waals surface area contributed by atoms with Crippen LogP contribution in [0.1, 0.15) is 10.4 Å². The van der Waals surface area contributed by atoms with Crippen molar-refractivity contribution in [3.8, 4) is 5.75 Å². The van der Waals surface area contributed by atoms with Crippen LogP contribution in [0.15, 0.2) is 18.2 Å². The topological polar surface area (TPSA) is 119 Å². The maximum absolute atomic E-state index is 11.9. The average molecular weight is 298 g/mol. The molecule has 0 aliphatic rings. The molecule has 1 aromatic rings. The number of methoxy groups -OCH3 is 1. The Kier molecular flexibility index (Phi) is 5.94. The van der Waals surface area contributed by atoms with E-state index in [1.54, 1.807) is 0 Å². The molecule has 0 aromatic heterocycles. The van der Waals surface area contributed by atoms with Crippen molar-refractivity contribution in [2.24, 2.45) is 0 Å². The molecule has 0 bridgehead atoms. The third-order valence-electron chi connectivity index (χ3n) is 2.68. The molecule has 0 spiro atoms. The highest BCUT2D eigenvalue weighted by Crippen LogP contribution is 2.24. The minimum absolute atomic E-state index is 0.0493. The first-order chi connectivity index (χ1) is 9.85. The fourth-order valence-electron chi connectivity index (χ4n) is 1.63. The Bertz CT molecular complexity index is 519. The predicted molar refractivity (Wildman–Crippen MR) is 74.6 cm³/mol. The van der Waals surface area contributed by atoms with Crippen molar-refractivity contribution in [2.45, 2.75) is 6.10 Å². The van der Waals surface area contributed by atoms with E-state index in [-0.39, 0.29) is 30.2 Å². The number of carbonyl (C=O) groups is 2. The monoisotopic (exact) mass is 298 g/mol. The minimum Gasteiger partial charge on any atom is -0.506 e. The number of benzene rings is 1. The van der Waals surface area contributed by atoms with Crippen LogP contribution in [0.4, 0.5) is 10.5 Å². The maximum atomic E-state index is 11.9. The normalized spacial score (nSPS) is 11.8. The Balaban J connectivity index is 2.68. The van der Waals surface area contributed by atoms with Crippen LogP contribution in [-0.2, 0) is 4.74 Å². The number of carbonyl (C=O) groups excluding carboxylic acids is 1. The summed E-state index contributed by atoms with van der Waals surface area (Å²) in [5.74, 6) is -1.53. The molecule has 1 aromatic carbocycles. The molecule has 0 fully saturated rings. The second-order valence-electron chi connectivity index (χ2n) is 4.46. The lowest BCUT2D eigenvalue weighted by Gasteiger charge is -2.21. The summed E-state index contributed by atoms with van der Waals surface area (Å²) in [6.07, 6.45) is -0.825. The Morgan fingerprint density at radius 1 is 1.43 bits per heavy atom. The van der Waals surface area contributed by atoms with Gasteiger partial charge in [-0.3, -0.25) is 0 Å². The summed E-state index contributed by atoms with van der Waals surface area (Å²) >= 11 is 0. The highest BCUT2D eigenvalue weighted by molar-refractivity contribution is 5.93. The molecule has 1 unspecified atom stereocenters. The van der Waals surface area contributed by atoms with Gasteiger partial charge in [0.1, 0.15) is 5.75 Å². The van der Waals surface area contributed by atoms with Crippen LogP contribution in [0.5, 0.6) is 5.75 Å². The SMILES string of the molecule is COCC(O)CN(C)C(=O)Nc1ccc(C(=O)O)cc1O. The lowest BCUT2D eigenvalue weighted by molar-refractivity contribution is 0.0501. The number of nitrogens with one attached hydrogen (secondary N) is 1. The summed E-state index contributed by atoms with van der Waals surface area (Å²) in [4.78, 5) is 23.8. The van der Waals surface area contributed by atoms with Gasteiger partial charge in [-0.2, -0.15) is 0 Å². The number of urea groups is 1. The average Bonchev–Trinajstić information content (AvgIpc) is 2.40. The van der Waals surface area contributed by atoms with E-state index in [0.717, 1.165) is 6.07 Å². The predicted octanol–water partition coefficient (Wildman–Crippen LogP) is 0.561. The molecule has 2 amide bonds. The van der Waals surface area contributed by atoms with Gasteiger partial charge in [0.15, 0.2) is 0 Å². The molecule has 1 rings (SSSR count). The largest absolute Gasteiger partial charge is 0.506 e. The smallest absolute Gasteiger partial charge is 0.335 e. The van der Waals surface area contributed by atoms with E-state index in [4.69, 9.17) is 9.84 Å². The van der Waals surface area contributed by atoms with Crippen molar-refractivity contribution in [1.29, 1.82) is 0 Å². The Labute approximate surface area is 121 Å². The van der Waals surface area contributed by atoms with Crippen molar-refractivity contribution in [3.63, 3.8) is 0 Å². The molecule has 4 N–H and O–H groups in total. The Morgan fingerprint density at radius 2 is 2.10 bits per heavy atom. The summed E-state index contributed by atoms with van der Waals surface area (Å²) in [5, 5.41) is 30.4. The fraction of sp³-hybridized carbons (Fsp3) is 0.385. The number of rotatable bonds is 6. The van der Waals surface area contributed by atoms with E-state index in [2.05, 4.69) is 5.32 Å². The second kappa shape index (κ2) is 7.46. The van der Waals surface area contributed by atoms with Crippen molar-refractivity contribution < 1.29 is 29.6 Å². The van der Waals surface area contributed by atoms with Crippen LogP contribution in [0, 0.1) is 0 Å². The molecule has 0 heterocycles. The number of hydrogen-bond acceptors (Lipinski definition) is 5. The van der Waals surface area contributed by atoms with E-state index in [0.29, 0.717) is 0 Å². The van der Waals surface area contributed by atoms with Gasteiger partial charge in [-0.05, 0) is 18.2 Å². The zero-order chi connectivity index (χ0) is 16.0. The number of carboxylic acid groups (broad SMARTS) is 1. The molecule has 21 heavy (non-hydrogen) atoms. The molecule has 0 aliphatic heterocycles. The van der Waals surface area contributed by atoms with Gasteiger partial charge in [-0.15, -0.1) is 0 Å². The number of nitrogens with zero attached hydrogens (tertiary/aromatic N) is 1. The van der Waals surface area contributed by atoms with Gasteiger partial charge in [0, 0.05) is 14.2 Å². The van der Waals surface area contributed by atoms with Gasteiger partial charge >= 0.3 is 12.0 Å². The van der Waals surface area contributed by atoms with Crippen molar-refractivity contribution in [3.05, 3.63) is 23.8 Å². The van der Waals surface area contributed by atoms with Crippen LogP contribution in [-0.4, -0.2) is 65.6 Å². The summed E-state index contributed by atoms with van der Waals surface area (Å²) in [7, 11) is 2.90. The summed E-state index contributed by atoms with van der Waals surface area (Å²) in [6.45, 7) is 0.143. The van der Waals surface area contributed by atoms with Crippen LogP contribution in [0.2, 0.25) is 0 Å². The quantitative estimate of drug-likeness (QED) is 0.570. The number of hydrogen-bond donors (Lipinski definition) is 4. The molecule has 0 saturated heterocycles. The molecule has 8 nitrogen and oxygen atoms in total. The lowest BCUT2D eigenvalue weighted by atomic mass is 10.2. The number of aliphatic hydroxyl groups is 1. The summed E-state index contributed by atoms with van der Waals surface area (Å²) in [6, 6.07) is 3.04. The van der Waals surface area contributed by atoms with Gasteiger partial charge in [0.25, 0.3) is 0 Å². The van der Waals surface area contributed by atoms with Crippen LogP contribution < -0.4 is 5.32 Å². The molecule has 8 heteroatoms. The van der Waals surface area contributed by atoms with E-state index in [9.17, 15) is 19.8 Å². The van der Waals surface area contributed by atoms with Crippen LogP contribution in [0.25, 0.3) is 0 Å². The zero-order valence-electron chi connectivity index (χ0n) is 11.7. The number of aliphatic hydroxyl groups excluding tert-OH is 1. The molecule has 0 radical (unpaired) electrons. The first kappa shape index (κ1) is 16.7. The maximum Gasteiger partial charge on any atom is 0.335 e. The summed E-state index contributed by atoms with van der Waals surface area (Å²) in [5.41, 5.74) is -0.00699. The fourth-order valence-corrected chi connectivity index (χ4v) is 1.63. The van der Waals surface area contributed by atoms with Crippen LogP contribution >= 0.6 is 0 Å². The second-order valence-corrected chi connectivity index (χ2v) is 4.46. The van der Waals surface area contributed by atoms with E-state index in [1.165, 1.54) is 31.2 Å². The molecule has 0 aliphatic carbocycles. The molecule has 0 saturated carbocycles. The van der Waals surface area contributed by atoms with E-state index < -0.39 is 18.1 Å². The number of phenols is 1. The van der Waals surface area contributed by atoms with Gasteiger partial charge in [0.05, 0.1) is 30.5 Å². The minimum atomic E-state index is -1.18. The first-order valence-electron chi connectivity index (χ1n) is 6.10. The number of phenolic OH excluding ortho intramolecular Hbond substituents is 1. The van der Waals surface area contributed by atoms with Gasteiger partial charge in [-0.25, -0.2) is 9.59 Å². The number of ether oxygens (including phenoxy) is 1. The van der Waals surface area contributed by atoms with E-state index >= 15 is 0 Å². The highest BCUT2D eigenvalue weighted by atomic mass is 16.5. The van der Waals surface area contributed by atoms with Crippen molar-refractivity contribution >= 4 is 17.7 Å². The zero-order valence-corrected chi connectivity index (χ0v) is 11.7. The van der Waals surface area contributed by atoms with Gasteiger partial charge in [-0.1, -0.05) is 0 Å².